The van der Waals surface area contributed by atoms with Gasteiger partial charge < -0.3 is 9.80 Å². The summed E-state index contributed by atoms with van der Waals surface area (Å²) in [5.41, 5.74) is 11.8. The lowest BCUT2D eigenvalue weighted by Gasteiger charge is -2.44. The van der Waals surface area contributed by atoms with Crippen molar-refractivity contribution >= 4 is 44.9 Å². The van der Waals surface area contributed by atoms with Gasteiger partial charge in [-0.15, -0.1) is 0 Å². The van der Waals surface area contributed by atoms with E-state index in [4.69, 9.17) is 0 Å². The third-order valence-electron chi connectivity index (χ3n) is 9.18. The highest BCUT2D eigenvalue weighted by Crippen LogP contribution is 2.57. The zero-order valence-electron chi connectivity index (χ0n) is 25.6. The number of hydrogen-bond acceptors (Lipinski definition) is 2. The smallest absolute Gasteiger partial charge is 0.0781 e. The second-order valence-electron chi connectivity index (χ2n) is 12.2. The Bertz CT molecular complexity index is 2090. The maximum atomic E-state index is 2.53. The Labute approximate surface area is 265 Å². The zero-order chi connectivity index (χ0) is 30.4. The van der Waals surface area contributed by atoms with E-state index < -0.39 is 0 Å². The van der Waals surface area contributed by atoms with Crippen LogP contribution < -0.4 is 9.80 Å². The largest absolute Gasteiger partial charge is 0.308 e. The van der Waals surface area contributed by atoms with Crippen LogP contribution in [-0.4, -0.2) is 0 Å². The molecular formula is C43H34N2. The normalized spacial score (nSPS) is 13.2. The summed E-state index contributed by atoms with van der Waals surface area (Å²) in [6.07, 6.45) is 0. The van der Waals surface area contributed by atoms with Crippen LogP contribution >= 0.6 is 0 Å². The fraction of sp³-hybridized carbons (Fsp3) is 0.0698. The first-order chi connectivity index (χ1) is 22.1. The minimum atomic E-state index is -0.224. The van der Waals surface area contributed by atoms with E-state index in [-0.39, 0.29) is 5.41 Å². The van der Waals surface area contributed by atoms with Crippen LogP contribution in [0.1, 0.15) is 25.0 Å². The number of anilines is 6. The SMILES string of the molecule is CC1(C)c2ccccc2N(c2c(N(c3ccccc3)c3ccccc3)ccc3ccccc23)c2cccc(-c3ccccc3)c21. The summed E-state index contributed by atoms with van der Waals surface area (Å²) in [7, 11) is 0. The predicted molar refractivity (Wildman–Crippen MR) is 191 cm³/mol. The average molecular weight is 579 g/mol. The maximum Gasteiger partial charge on any atom is 0.0781 e. The molecule has 0 unspecified atom stereocenters. The quantitative estimate of drug-likeness (QED) is 0.200. The van der Waals surface area contributed by atoms with Gasteiger partial charge in [-0.2, -0.15) is 0 Å². The Morgan fingerprint density at radius 1 is 0.489 bits per heavy atom. The third-order valence-corrected chi connectivity index (χ3v) is 9.18. The number of nitrogens with zero attached hydrogens (tertiary/aromatic N) is 2. The van der Waals surface area contributed by atoms with Crippen molar-refractivity contribution in [2.24, 2.45) is 0 Å². The molecule has 0 aromatic heterocycles. The van der Waals surface area contributed by atoms with Crippen LogP contribution in [0.2, 0.25) is 0 Å². The zero-order valence-corrected chi connectivity index (χ0v) is 25.6. The number of fused-ring (bicyclic) bond motifs is 3. The van der Waals surface area contributed by atoms with E-state index in [0.29, 0.717) is 0 Å². The van der Waals surface area contributed by atoms with Gasteiger partial charge in [-0.1, -0.05) is 141 Å². The monoisotopic (exact) mass is 578 g/mol. The Kier molecular flexibility index (Phi) is 6.50. The lowest BCUT2D eigenvalue weighted by Crippen LogP contribution is -2.32. The van der Waals surface area contributed by atoms with Crippen molar-refractivity contribution < 1.29 is 0 Å². The molecule has 0 saturated carbocycles. The number of benzene rings is 7. The minimum absolute atomic E-state index is 0.224. The summed E-state index contributed by atoms with van der Waals surface area (Å²) >= 11 is 0. The van der Waals surface area contributed by atoms with Crippen LogP contribution in [0, 0.1) is 0 Å². The maximum absolute atomic E-state index is 2.53. The summed E-state index contributed by atoms with van der Waals surface area (Å²) in [5.74, 6) is 0. The second kappa shape index (κ2) is 10.8. The highest BCUT2D eigenvalue weighted by atomic mass is 15.2. The summed E-state index contributed by atoms with van der Waals surface area (Å²) in [6, 6.07) is 61.3. The lowest BCUT2D eigenvalue weighted by atomic mass is 9.70. The molecule has 0 atom stereocenters. The van der Waals surface area contributed by atoms with Crippen molar-refractivity contribution in [3.8, 4) is 11.1 Å². The van der Waals surface area contributed by atoms with E-state index in [2.05, 4.69) is 194 Å². The van der Waals surface area contributed by atoms with Gasteiger partial charge in [0.15, 0.2) is 0 Å². The molecule has 0 radical (unpaired) electrons. The summed E-state index contributed by atoms with van der Waals surface area (Å²) in [5, 5.41) is 2.41. The van der Waals surface area contributed by atoms with Crippen LogP contribution in [-0.2, 0) is 5.41 Å². The first-order valence-corrected chi connectivity index (χ1v) is 15.6. The van der Waals surface area contributed by atoms with Gasteiger partial charge in [-0.3, -0.25) is 0 Å². The molecule has 1 heterocycles. The Balaban J connectivity index is 1.50. The van der Waals surface area contributed by atoms with Gasteiger partial charge in [0.25, 0.3) is 0 Å². The van der Waals surface area contributed by atoms with Gasteiger partial charge in [0.1, 0.15) is 0 Å². The van der Waals surface area contributed by atoms with Crippen molar-refractivity contribution in [3.63, 3.8) is 0 Å². The Morgan fingerprint density at radius 3 is 1.78 bits per heavy atom. The van der Waals surface area contributed by atoms with Crippen molar-refractivity contribution in [3.05, 3.63) is 181 Å². The van der Waals surface area contributed by atoms with Crippen molar-refractivity contribution in [2.75, 3.05) is 9.80 Å². The Hall–Kier alpha value is -5.60. The summed E-state index contributed by atoms with van der Waals surface area (Å²) < 4.78 is 0. The fourth-order valence-corrected chi connectivity index (χ4v) is 7.18. The molecule has 0 aliphatic carbocycles. The van der Waals surface area contributed by atoms with Crippen LogP contribution in [0.15, 0.2) is 170 Å². The molecule has 0 amide bonds. The summed E-state index contributed by atoms with van der Waals surface area (Å²) in [6.45, 7) is 4.75. The molecule has 0 N–H and O–H groups in total. The van der Waals surface area contributed by atoms with Crippen LogP contribution in [0.25, 0.3) is 21.9 Å². The molecule has 7 aromatic carbocycles. The first kappa shape index (κ1) is 27.0. The van der Waals surface area contributed by atoms with Gasteiger partial charge >= 0.3 is 0 Å². The molecule has 2 heteroatoms. The highest BCUT2D eigenvalue weighted by molar-refractivity contribution is 6.09. The van der Waals surface area contributed by atoms with Gasteiger partial charge in [-0.05, 0) is 70.1 Å². The van der Waals surface area contributed by atoms with Gasteiger partial charge in [0, 0.05) is 22.2 Å². The van der Waals surface area contributed by atoms with Gasteiger partial charge in [0.2, 0.25) is 0 Å². The standard InChI is InChI=1S/C43H34N2/c1-43(2)37-26-14-15-27-38(37)45(39-28-16-25-35(41(39)43)31-17-6-3-7-18-31)42-36-24-13-12-19-32(36)29-30-40(42)44(33-20-8-4-9-21-33)34-22-10-5-11-23-34/h3-30H,1-2H3. The van der Waals surface area contributed by atoms with E-state index in [1.165, 1.54) is 44.4 Å². The van der Waals surface area contributed by atoms with Crippen LogP contribution in [0.3, 0.4) is 0 Å². The number of rotatable bonds is 5. The molecule has 216 valence electrons. The molecule has 0 fully saturated rings. The van der Waals surface area contributed by atoms with Crippen molar-refractivity contribution in [1.29, 1.82) is 0 Å². The molecule has 1 aliphatic rings. The fourth-order valence-electron chi connectivity index (χ4n) is 7.18. The minimum Gasteiger partial charge on any atom is -0.308 e. The van der Waals surface area contributed by atoms with Crippen molar-refractivity contribution in [1.82, 2.24) is 0 Å². The molecule has 0 bridgehead atoms. The third kappa shape index (κ3) is 4.41. The molecule has 45 heavy (non-hydrogen) atoms. The topological polar surface area (TPSA) is 6.48 Å². The Morgan fingerprint density at radius 2 is 1.07 bits per heavy atom. The molecular weight excluding hydrogens is 544 g/mol. The van der Waals surface area contributed by atoms with E-state index in [9.17, 15) is 0 Å². The van der Waals surface area contributed by atoms with Crippen LogP contribution in [0.5, 0.6) is 0 Å². The molecule has 2 nitrogen and oxygen atoms in total. The summed E-state index contributed by atoms with van der Waals surface area (Å²) in [4.78, 5) is 4.92. The second-order valence-corrected chi connectivity index (χ2v) is 12.2. The molecule has 0 spiro atoms. The van der Waals surface area contributed by atoms with Crippen molar-refractivity contribution in [2.45, 2.75) is 19.3 Å². The van der Waals surface area contributed by atoms with Gasteiger partial charge in [-0.25, -0.2) is 0 Å². The van der Waals surface area contributed by atoms with E-state index >= 15 is 0 Å². The molecule has 8 rings (SSSR count). The number of hydrogen-bond donors (Lipinski definition) is 0. The molecule has 7 aromatic rings. The average Bonchev–Trinajstić information content (AvgIpc) is 3.10. The lowest BCUT2D eigenvalue weighted by molar-refractivity contribution is 0.634. The van der Waals surface area contributed by atoms with E-state index in [1.807, 2.05) is 0 Å². The number of para-hydroxylation sites is 3. The predicted octanol–water partition coefficient (Wildman–Crippen LogP) is 12.1. The van der Waals surface area contributed by atoms with E-state index in [0.717, 1.165) is 22.7 Å². The molecule has 1 aliphatic heterocycles. The first-order valence-electron chi connectivity index (χ1n) is 15.6. The van der Waals surface area contributed by atoms with Gasteiger partial charge in [0.05, 0.1) is 22.7 Å². The van der Waals surface area contributed by atoms with E-state index in [1.54, 1.807) is 0 Å². The van der Waals surface area contributed by atoms with Crippen LogP contribution in [0.4, 0.5) is 34.1 Å². The molecule has 0 saturated heterocycles. The highest BCUT2D eigenvalue weighted by Gasteiger charge is 2.40.